The van der Waals surface area contributed by atoms with E-state index in [2.05, 4.69) is 17.0 Å². The standard InChI is InChI=1S/C13H22N2O2S/c1-4-9-14-12-5-7-13(8-6-12)18(16,17)15-10-11(2)3/h5-8,11,14-15H,4,9-10H2,1-3H3. The largest absolute Gasteiger partial charge is 0.385 e. The molecule has 0 spiro atoms. The molecule has 0 unspecified atom stereocenters. The van der Waals surface area contributed by atoms with Gasteiger partial charge in [0.1, 0.15) is 0 Å². The van der Waals surface area contributed by atoms with Crippen molar-refractivity contribution in [3.05, 3.63) is 24.3 Å². The molecule has 0 saturated carbocycles. The van der Waals surface area contributed by atoms with E-state index in [1.165, 1.54) is 0 Å². The van der Waals surface area contributed by atoms with Crippen molar-refractivity contribution in [3.8, 4) is 0 Å². The third-order valence-corrected chi connectivity index (χ3v) is 3.86. The van der Waals surface area contributed by atoms with Gasteiger partial charge >= 0.3 is 0 Å². The van der Waals surface area contributed by atoms with Crippen molar-refractivity contribution >= 4 is 15.7 Å². The van der Waals surface area contributed by atoms with Crippen LogP contribution in [0.15, 0.2) is 29.2 Å². The van der Waals surface area contributed by atoms with E-state index >= 15 is 0 Å². The van der Waals surface area contributed by atoms with Gasteiger partial charge in [-0.2, -0.15) is 0 Å². The molecule has 1 aromatic rings. The van der Waals surface area contributed by atoms with Gasteiger partial charge in [-0.15, -0.1) is 0 Å². The molecule has 0 aliphatic carbocycles. The Balaban J connectivity index is 2.71. The number of sulfonamides is 1. The molecule has 102 valence electrons. The highest BCUT2D eigenvalue weighted by atomic mass is 32.2. The molecule has 0 saturated heterocycles. The molecule has 0 aliphatic rings. The lowest BCUT2D eigenvalue weighted by Crippen LogP contribution is -2.27. The predicted octanol–water partition coefficient (Wildman–Crippen LogP) is 2.44. The van der Waals surface area contributed by atoms with E-state index in [0.29, 0.717) is 17.4 Å². The Labute approximate surface area is 110 Å². The summed E-state index contributed by atoms with van der Waals surface area (Å²) in [6, 6.07) is 6.83. The lowest BCUT2D eigenvalue weighted by Gasteiger charge is -2.10. The Hall–Kier alpha value is -1.07. The molecule has 18 heavy (non-hydrogen) atoms. The van der Waals surface area contributed by atoms with Crippen LogP contribution in [0, 0.1) is 5.92 Å². The Morgan fingerprint density at radius 1 is 1.17 bits per heavy atom. The number of nitrogens with one attached hydrogen (secondary N) is 2. The van der Waals surface area contributed by atoms with E-state index in [0.717, 1.165) is 18.7 Å². The van der Waals surface area contributed by atoms with Crippen LogP contribution < -0.4 is 10.0 Å². The molecule has 1 rings (SSSR count). The topological polar surface area (TPSA) is 58.2 Å². The fourth-order valence-electron chi connectivity index (χ4n) is 1.38. The summed E-state index contributed by atoms with van der Waals surface area (Å²) in [5, 5.41) is 3.21. The zero-order valence-corrected chi connectivity index (χ0v) is 12.0. The lowest BCUT2D eigenvalue weighted by atomic mass is 10.2. The summed E-state index contributed by atoms with van der Waals surface area (Å²) in [7, 11) is -3.37. The second-order valence-corrected chi connectivity index (χ2v) is 6.46. The van der Waals surface area contributed by atoms with E-state index in [-0.39, 0.29) is 0 Å². The van der Waals surface area contributed by atoms with Crippen LogP contribution in [0.1, 0.15) is 27.2 Å². The highest BCUT2D eigenvalue weighted by Crippen LogP contribution is 2.14. The Kier molecular flexibility index (Phi) is 5.62. The van der Waals surface area contributed by atoms with E-state index < -0.39 is 10.0 Å². The molecule has 2 N–H and O–H groups in total. The molecular formula is C13H22N2O2S. The fourth-order valence-corrected chi connectivity index (χ4v) is 2.59. The maximum absolute atomic E-state index is 11.9. The summed E-state index contributed by atoms with van der Waals surface area (Å²) in [5.74, 6) is 0.297. The maximum Gasteiger partial charge on any atom is 0.240 e. The van der Waals surface area contributed by atoms with Crippen molar-refractivity contribution in [2.75, 3.05) is 18.4 Å². The van der Waals surface area contributed by atoms with Gasteiger partial charge in [0, 0.05) is 18.8 Å². The van der Waals surface area contributed by atoms with Crippen molar-refractivity contribution < 1.29 is 8.42 Å². The van der Waals surface area contributed by atoms with Crippen LogP contribution in [0.25, 0.3) is 0 Å². The van der Waals surface area contributed by atoms with E-state index in [9.17, 15) is 8.42 Å². The molecule has 4 nitrogen and oxygen atoms in total. The van der Waals surface area contributed by atoms with E-state index in [1.807, 2.05) is 13.8 Å². The Morgan fingerprint density at radius 2 is 1.78 bits per heavy atom. The summed E-state index contributed by atoms with van der Waals surface area (Å²) in [4.78, 5) is 0.310. The number of anilines is 1. The van der Waals surface area contributed by atoms with Crippen molar-refractivity contribution in [2.24, 2.45) is 5.92 Å². The van der Waals surface area contributed by atoms with E-state index in [4.69, 9.17) is 0 Å². The second-order valence-electron chi connectivity index (χ2n) is 4.70. The maximum atomic E-state index is 11.9. The Morgan fingerprint density at radius 3 is 2.28 bits per heavy atom. The van der Waals surface area contributed by atoms with Crippen LogP contribution in [0.4, 0.5) is 5.69 Å². The second kappa shape index (κ2) is 6.75. The molecule has 0 atom stereocenters. The van der Waals surface area contributed by atoms with Gasteiger partial charge in [-0.25, -0.2) is 13.1 Å². The average molecular weight is 270 g/mol. The summed E-state index contributed by atoms with van der Waals surface area (Å²) in [6.07, 6.45) is 1.04. The van der Waals surface area contributed by atoms with Crippen LogP contribution in [-0.4, -0.2) is 21.5 Å². The smallest absolute Gasteiger partial charge is 0.240 e. The first kappa shape index (κ1) is 15.0. The molecule has 0 aromatic heterocycles. The minimum Gasteiger partial charge on any atom is -0.385 e. The summed E-state index contributed by atoms with van der Waals surface area (Å²) < 4.78 is 26.5. The Bertz CT molecular complexity index is 452. The normalized spacial score (nSPS) is 11.8. The first-order valence-electron chi connectivity index (χ1n) is 6.29. The van der Waals surface area contributed by atoms with Gasteiger partial charge < -0.3 is 5.32 Å². The summed E-state index contributed by atoms with van der Waals surface area (Å²) in [6.45, 7) is 7.37. The fraction of sp³-hybridized carbons (Fsp3) is 0.538. The molecular weight excluding hydrogens is 248 g/mol. The molecule has 0 amide bonds. The van der Waals surface area contributed by atoms with Crippen molar-refractivity contribution in [3.63, 3.8) is 0 Å². The average Bonchev–Trinajstić information content (AvgIpc) is 2.34. The van der Waals surface area contributed by atoms with Crippen LogP contribution >= 0.6 is 0 Å². The predicted molar refractivity (Wildman–Crippen MR) is 75.2 cm³/mol. The zero-order valence-electron chi connectivity index (χ0n) is 11.2. The van der Waals surface area contributed by atoms with Gasteiger partial charge in [-0.3, -0.25) is 0 Å². The summed E-state index contributed by atoms with van der Waals surface area (Å²) in [5.41, 5.74) is 0.944. The van der Waals surface area contributed by atoms with Gasteiger partial charge in [-0.05, 0) is 36.6 Å². The molecule has 0 radical (unpaired) electrons. The molecule has 0 fully saturated rings. The zero-order chi connectivity index (χ0) is 13.6. The quantitative estimate of drug-likeness (QED) is 0.800. The van der Waals surface area contributed by atoms with Gasteiger partial charge in [0.05, 0.1) is 4.90 Å². The number of benzene rings is 1. The van der Waals surface area contributed by atoms with Gasteiger partial charge in [-0.1, -0.05) is 20.8 Å². The number of rotatable bonds is 7. The lowest BCUT2D eigenvalue weighted by molar-refractivity contribution is 0.560. The molecule has 0 aliphatic heterocycles. The van der Waals surface area contributed by atoms with Crippen molar-refractivity contribution in [1.82, 2.24) is 4.72 Å². The third-order valence-electron chi connectivity index (χ3n) is 2.43. The third kappa shape index (κ3) is 4.66. The SMILES string of the molecule is CCCNc1ccc(S(=O)(=O)NCC(C)C)cc1. The molecule has 0 heterocycles. The van der Waals surface area contributed by atoms with Crippen LogP contribution in [0.3, 0.4) is 0 Å². The summed E-state index contributed by atoms with van der Waals surface area (Å²) >= 11 is 0. The van der Waals surface area contributed by atoms with Crippen molar-refractivity contribution in [1.29, 1.82) is 0 Å². The van der Waals surface area contributed by atoms with Crippen LogP contribution in [0.5, 0.6) is 0 Å². The van der Waals surface area contributed by atoms with Crippen LogP contribution in [-0.2, 0) is 10.0 Å². The van der Waals surface area contributed by atoms with Gasteiger partial charge in [0.15, 0.2) is 0 Å². The minimum absolute atomic E-state index is 0.297. The number of hydrogen-bond donors (Lipinski definition) is 2. The highest BCUT2D eigenvalue weighted by Gasteiger charge is 2.13. The van der Waals surface area contributed by atoms with Crippen LogP contribution in [0.2, 0.25) is 0 Å². The molecule has 0 bridgehead atoms. The highest BCUT2D eigenvalue weighted by molar-refractivity contribution is 7.89. The van der Waals surface area contributed by atoms with Gasteiger partial charge in [0.25, 0.3) is 0 Å². The monoisotopic (exact) mass is 270 g/mol. The first-order chi connectivity index (χ1) is 8.45. The van der Waals surface area contributed by atoms with Crippen molar-refractivity contribution in [2.45, 2.75) is 32.1 Å². The minimum atomic E-state index is -3.37. The number of hydrogen-bond acceptors (Lipinski definition) is 3. The molecule has 1 aromatic carbocycles. The van der Waals surface area contributed by atoms with Gasteiger partial charge in [0.2, 0.25) is 10.0 Å². The molecule has 5 heteroatoms. The first-order valence-corrected chi connectivity index (χ1v) is 7.77. The van der Waals surface area contributed by atoms with E-state index in [1.54, 1.807) is 24.3 Å².